The smallest absolute Gasteiger partial charge is 0.171 e. The molecule has 0 spiro atoms. The van der Waals surface area contributed by atoms with Crippen molar-refractivity contribution in [3.05, 3.63) is 47.7 Å². The molecule has 0 radical (unpaired) electrons. The minimum absolute atomic E-state index is 0.146. The maximum Gasteiger partial charge on any atom is 0.171 e. The van der Waals surface area contributed by atoms with Crippen LogP contribution in [0.25, 0.3) is 0 Å². The third-order valence-corrected chi connectivity index (χ3v) is 2.61. The fraction of sp³-hybridized carbons (Fsp3) is 0.182. The average molecular weight is 298 g/mol. The normalized spacial score (nSPS) is 20.9. The molecule has 2 nitrogen and oxygen atoms in total. The second kappa shape index (κ2) is 4.13. The SMILES string of the molecule is CC1=CC(c2ccccc2)=NC(I)N1. The van der Waals surface area contributed by atoms with E-state index in [0.717, 1.165) is 5.71 Å². The van der Waals surface area contributed by atoms with E-state index in [1.165, 1.54) is 11.3 Å². The van der Waals surface area contributed by atoms with Crippen molar-refractivity contribution in [3.63, 3.8) is 0 Å². The first kappa shape index (κ1) is 9.71. The van der Waals surface area contributed by atoms with Crippen LogP contribution in [0.2, 0.25) is 0 Å². The zero-order chi connectivity index (χ0) is 9.97. The predicted molar refractivity (Wildman–Crippen MR) is 67.7 cm³/mol. The second-order valence-corrected chi connectivity index (χ2v) is 4.37. The molecule has 72 valence electrons. The minimum atomic E-state index is 0.146. The van der Waals surface area contributed by atoms with Gasteiger partial charge in [0.25, 0.3) is 0 Å². The topological polar surface area (TPSA) is 24.4 Å². The van der Waals surface area contributed by atoms with Gasteiger partial charge in [-0.05, 0) is 41.2 Å². The van der Waals surface area contributed by atoms with E-state index < -0.39 is 0 Å². The van der Waals surface area contributed by atoms with Gasteiger partial charge in [-0.25, -0.2) is 4.99 Å². The first-order chi connectivity index (χ1) is 6.75. The van der Waals surface area contributed by atoms with Crippen LogP contribution in [-0.2, 0) is 0 Å². The van der Waals surface area contributed by atoms with Gasteiger partial charge in [0.2, 0.25) is 0 Å². The number of aliphatic imine (C=N–C) groups is 1. The third kappa shape index (κ3) is 2.15. The zero-order valence-electron chi connectivity index (χ0n) is 7.87. The average Bonchev–Trinajstić information content (AvgIpc) is 2.18. The summed E-state index contributed by atoms with van der Waals surface area (Å²) in [5.41, 5.74) is 3.40. The second-order valence-electron chi connectivity index (χ2n) is 3.19. The summed E-state index contributed by atoms with van der Waals surface area (Å²) < 4.78 is 0.146. The van der Waals surface area contributed by atoms with Crippen LogP contribution in [0.5, 0.6) is 0 Å². The fourth-order valence-corrected chi connectivity index (χ4v) is 2.18. The maximum absolute atomic E-state index is 4.52. The van der Waals surface area contributed by atoms with Gasteiger partial charge < -0.3 is 5.32 Å². The standard InChI is InChI=1S/C11H11IN2/c1-8-7-10(14-11(12)13-8)9-5-3-2-4-6-9/h2-7,11,13H,1H3. The molecule has 1 aromatic carbocycles. The highest BCUT2D eigenvalue weighted by Crippen LogP contribution is 2.13. The van der Waals surface area contributed by atoms with Gasteiger partial charge in [-0.2, -0.15) is 0 Å². The van der Waals surface area contributed by atoms with E-state index in [1.54, 1.807) is 0 Å². The summed E-state index contributed by atoms with van der Waals surface area (Å²) in [4.78, 5) is 4.52. The van der Waals surface area contributed by atoms with Crippen molar-refractivity contribution >= 4 is 28.3 Å². The molecule has 2 rings (SSSR count). The van der Waals surface area contributed by atoms with Gasteiger partial charge in [-0.3, -0.25) is 0 Å². The van der Waals surface area contributed by atoms with Gasteiger partial charge in [0.15, 0.2) is 4.17 Å². The van der Waals surface area contributed by atoms with Crippen molar-refractivity contribution in [1.29, 1.82) is 0 Å². The van der Waals surface area contributed by atoms with E-state index >= 15 is 0 Å². The Morgan fingerprint density at radius 1 is 1.29 bits per heavy atom. The number of allylic oxidation sites excluding steroid dienone is 2. The summed E-state index contributed by atoms with van der Waals surface area (Å²) in [6.07, 6.45) is 2.07. The number of nitrogens with one attached hydrogen (secondary N) is 1. The molecule has 0 saturated heterocycles. The first-order valence-corrected chi connectivity index (χ1v) is 5.72. The van der Waals surface area contributed by atoms with Crippen molar-refractivity contribution in [1.82, 2.24) is 5.32 Å². The highest BCUT2D eigenvalue weighted by atomic mass is 127. The van der Waals surface area contributed by atoms with Gasteiger partial charge in [-0.1, -0.05) is 30.3 Å². The molecule has 14 heavy (non-hydrogen) atoms. The molecule has 1 N–H and O–H groups in total. The van der Waals surface area contributed by atoms with Crippen molar-refractivity contribution in [2.24, 2.45) is 4.99 Å². The van der Waals surface area contributed by atoms with Crippen molar-refractivity contribution < 1.29 is 0 Å². The number of rotatable bonds is 1. The number of halogens is 1. The Morgan fingerprint density at radius 2 is 2.00 bits per heavy atom. The lowest BCUT2D eigenvalue weighted by Gasteiger charge is -2.17. The number of hydrogen-bond acceptors (Lipinski definition) is 2. The van der Waals surface area contributed by atoms with E-state index in [4.69, 9.17) is 0 Å². The highest BCUT2D eigenvalue weighted by Gasteiger charge is 2.10. The van der Waals surface area contributed by atoms with Gasteiger partial charge in [0.1, 0.15) is 0 Å². The highest BCUT2D eigenvalue weighted by molar-refractivity contribution is 14.1. The van der Waals surface area contributed by atoms with Crippen molar-refractivity contribution in [3.8, 4) is 0 Å². The van der Waals surface area contributed by atoms with Crippen molar-refractivity contribution in [2.75, 3.05) is 0 Å². The number of alkyl halides is 1. The van der Waals surface area contributed by atoms with Gasteiger partial charge in [-0.15, -0.1) is 0 Å². The van der Waals surface area contributed by atoms with Crippen LogP contribution in [-0.4, -0.2) is 9.88 Å². The summed E-state index contributed by atoms with van der Waals surface area (Å²) >= 11 is 2.27. The predicted octanol–water partition coefficient (Wildman–Crippen LogP) is 2.70. The number of hydrogen-bond donors (Lipinski definition) is 1. The van der Waals surface area contributed by atoms with E-state index in [1.807, 2.05) is 18.2 Å². The molecule has 3 heteroatoms. The summed E-state index contributed by atoms with van der Waals surface area (Å²) in [7, 11) is 0. The fourth-order valence-electron chi connectivity index (χ4n) is 1.39. The molecular formula is C11H11IN2. The molecule has 0 aliphatic carbocycles. The molecule has 0 saturated carbocycles. The molecule has 1 unspecified atom stereocenters. The van der Waals surface area contributed by atoms with Crippen LogP contribution in [0, 0.1) is 0 Å². The van der Waals surface area contributed by atoms with Crippen LogP contribution in [0.4, 0.5) is 0 Å². The molecule has 0 bridgehead atoms. The molecule has 0 fully saturated rings. The lowest BCUT2D eigenvalue weighted by Crippen LogP contribution is -2.25. The molecule has 0 amide bonds. The lowest BCUT2D eigenvalue weighted by atomic mass is 10.1. The monoisotopic (exact) mass is 298 g/mol. The van der Waals surface area contributed by atoms with E-state index in [2.05, 4.69) is 58.0 Å². The van der Waals surface area contributed by atoms with Crippen molar-refractivity contribution in [2.45, 2.75) is 11.1 Å². The van der Waals surface area contributed by atoms with Crippen LogP contribution >= 0.6 is 22.6 Å². The Labute approximate surface area is 97.3 Å². The van der Waals surface area contributed by atoms with Crippen LogP contribution in [0.15, 0.2) is 47.1 Å². The maximum atomic E-state index is 4.52. The quantitative estimate of drug-likeness (QED) is 0.481. The first-order valence-electron chi connectivity index (χ1n) is 4.48. The molecule has 1 heterocycles. The molecule has 1 atom stereocenters. The largest absolute Gasteiger partial charge is 0.359 e. The lowest BCUT2D eigenvalue weighted by molar-refractivity contribution is 0.790. The number of nitrogens with zero attached hydrogens (tertiary/aromatic N) is 1. The molecule has 0 aromatic heterocycles. The minimum Gasteiger partial charge on any atom is -0.359 e. The number of benzene rings is 1. The van der Waals surface area contributed by atoms with E-state index in [-0.39, 0.29) is 4.17 Å². The van der Waals surface area contributed by atoms with E-state index in [0.29, 0.717) is 0 Å². The van der Waals surface area contributed by atoms with E-state index in [9.17, 15) is 0 Å². The van der Waals surface area contributed by atoms with Crippen LogP contribution in [0.3, 0.4) is 0 Å². The Kier molecular flexibility index (Phi) is 2.86. The Bertz CT molecular complexity index is 382. The Hall–Kier alpha value is -0.840. The van der Waals surface area contributed by atoms with Gasteiger partial charge in [0, 0.05) is 5.70 Å². The third-order valence-electron chi connectivity index (χ3n) is 2.02. The zero-order valence-corrected chi connectivity index (χ0v) is 10.0. The molecule has 1 aliphatic rings. The summed E-state index contributed by atoms with van der Waals surface area (Å²) in [5.74, 6) is 0. The van der Waals surface area contributed by atoms with Gasteiger partial charge >= 0.3 is 0 Å². The summed E-state index contributed by atoms with van der Waals surface area (Å²) in [6.45, 7) is 2.06. The Balaban J connectivity index is 2.36. The van der Waals surface area contributed by atoms with Crippen LogP contribution < -0.4 is 5.32 Å². The van der Waals surface area contributed by atoms with Crippen LogP contribution in [0.1, 0.15) is 12.5 Å². The van der Waals surface area contributed by atoms with Gasteiger partial charge in [0.05, 0.1) is 5.71 Å². The molecule has 1 aromatic rings. The Morgan fingerprint density at radius 3 is 2.64 bits per heavy atom. The molecule has 1 aliphatic heterocycles. The summed E-state index contributed by atoms with van der Waals surface area (Å²) in [6, 6.07) is 10.2. The molecular weight excluding hydrogens is 287 g/mol. The summed E-state index contributed by atoms with van der Waals surface area (Å²) in [5, 5.41) is 3.24.